The molecular weight excluding hydrogens is 438 g/mol. The molecule has 2 aromatic carbocycles. The fourth-order valence-electron chi connectivity index (χ4n) is 4.57. The number of aliphatic hydroxyl groups is 2. The Balaban J connectivity index is 2.46. The van der Waals surface area contributed by atoms with Gasteiger partial charge in [0.1, 0.15) is 24.3 Å². The molecule has 0 amide bonds. The van der Waals surface area contributed by atoms with E-state index < -0.39 is 11.2 Å². The molecule has 35 heavy (non-hydrogen) atoms. The first kappa shape index (κ1) is 28.9. The van der Waals surface area contributed by atoms with Gasteiger partial charge in [0.2, 0.25) is 0 Å². The summed E-state index contributed by atoms with van der Waals surface area (Å²) in [4.78, 5) is 25.4. The molecule has 2 rings (SSSR count). The molecule has 0 unspecified atom stereocenters. The van der Waals surface area contributed by atoms with Gasteiger partial charge in [0.15, 0.2) is 11.6 Å². The van der Waals surface area contributed by atoms with Crippen molar-refractivity contribution in [1.82, 2.24) is 0 Å². The number of quaternary nitrogens is 1. The minimum absolute atomic E-state index is 0.280. The lowest BCUT2D eigenvalue weighted by Gasteiger charge is -2.39. The van der Waals surface area contributed by atoms with Gasteiger partial charge in [0, 0.05) is 22.3 Å². The summed E-state index contributed by atoms with van der Waals surface area (Å²) in [7, 11) is 0. The average molecular weight is 483 g/mol. The first-order chi connectivity index (χ1) is 16.3. The Morgan fingerprint density at radius 1 is 0.714 bits per heavy atom. The van der Waals surface area contributed by atoms with E-state index in [0.29, 0.717) is 11.1 Å². The topological polar surface area (TPSA) is 74.6 Å². The Morgan fingerprint density at radius 3 is 1.40 bits per heavy atom. The van der Waals surface area contributed by atoms with Gasteiger partial charge in [-0.05, 0) is 52.7 Å². The third kappa shape index (κ3) is 8.38. The van der Waals surface area contributed by atoms with Gasteiger partial charge < -0.3 is 14.7 Å². The first-order valence-electron chi connectivity index (χ1n) is 12.9. The second kappa shape index (κ2) is 12.1. The number of rotatable bonds is 14. The number of carbonyl (C=O) groups is 2. The Bertz CT molecular complexity index is 916. The molecule has 2 aromatic rings. The van der Waals surface area contributed by atoms with Gasteiger partial charge in [0.05, 0.1) is 13.1 Å². The summed E-state index contributed by atoms with van der Waals surface area (Å²) < 4.78 is 0.821. The normalized spacial score (nSPS) is 12.6. The lowest BCUT2D eigenvalue weighted by Crippen LogP contribution is -2.48. The highest BCUT2D eigenvalue weighted by Gasteiger charge is 2.30. The van der Waals surface area contributed by atoms with E-state index in [-0.39, 0.29) is 11.6 Å². The fourth-order valence-corrected chi connectivity index (χ4v) is 4.57. The monoisotopic (exact) mass is 482 g/mol. The van der Waals surface area contributed by atoms with Crippen molar-refractivity contribution < 1.29 is 24.3 Å². The van der Waals surface area contributed by atoms with E-state index in [1.807, 2.05) is 24.3 Å². The average Bonchev–Trinajstić information content (AvgIpc) is 2.79. The number of ketones is 2. The first-order valence-corrected chi connectivity index (χ1v) is 12.9. The molecule has 0 aromatic heterocycles. The fraction of sp³-hybridized carbons (Fsp3) is 0.533. The van der Waals surface area contributed by atoms with Crippen LogP contribution in [0.25, 0.3) is 0 Å². The maximum Gasteiger partial charge on any atom is 0.193 e. The molecule has 5 heteroatoms. The minimum Gasteiger partial charge on any atom is -0.382 e. The van der Waals surface area contributed by atoms with Gasteiger partial charge in [-0.25, -0.2) is 0 Å². The molecule has 0 aliphatic rings. The largest absolute Gasteiger partial charge is 0.382 e. The number of unbranched alkanes of at least 4 members (excludes halogenated alkanes) is 2. The molecule has 5 nitrogen and oxygen atoms in total. The van der Waals surface area contributed by atoms with E-state index in [9.17, 15) is 19.8 Å². The van der Waals surface area contributed by atoms with Gasteiger partial charge in [-0.15, -0.1) is 0 Å². The van der Waals surface area contributed by atoms with Crippen molar-refractivity contribution in [1.29, 1.82) is 0 Å². The molecule has 0 radical (unpaired) electrons. The van der Waals surface area contributed by atoms with Crippen LogP contribution < -0.4 is 0 Å². The van der Waals surface area contributed by atoms with Crippen LogP contribution in [0.2, 0.25) is 0 Å². The second-order valence-electron chi connectivity index (χ2n) is 11.0. The molecule has 192 valence electrons. The van der Waals surface area contributed by atoms with Crippen LogP contribution in [-0.2, 0) is 13.1 Å². The van der Waals surface area contributed by atoms with E-state index in [4.69, 9.17) is 0 Å². The standard InChI is InChI=1S/C30H44NO4/c1-7-9-17-31(18-10-8-2,21-23-13-11-15-25(19-23)27(32)29(3,4)34)22-24-14-12-16-26(20-24)28(33)30(5,6)35/h11-16,19-20,34-35H,7-10,17-18,21-22H2,1-6H3/q+1. The summed E-state index contributed by atoms with van der Waals surface area (Å²) in [5.74, 6) is -0.560. The number of hydrogen-bond donors (Lipinski definition) is 2. The summed E-state index contributed by atoms with van der Waals surface area (Å²) in [5.41, 5.74) is 0.353. The Kier molecular flexibility index (Phi) is 9.96. The van der Waals surface area contributed by atoms with Crippen molar-refractivity contribution in [2.75, 3.05) is 13.1 Å². The number of Topliss-reactive ketones (excluding diaryl/α,β-unsaturated/α-hetero) is 2. The van der Waals surface area contributed by atoms with Crippen LogP contribution in [0.5, 0.6) is 0 Å². The van der Waals surface area contributed by atoms with Gasteiger partial charge in [0.25, 0.3) is 0 Å². The molecule has 0 fully saturated rings. The van der Waals surface area contributed by atoms with Crippen LogP contribution >= 0.6 is 0 Å². The summed E-state index contributed by atoms with van der Waals surface area (Å²) in [6, 6.07) is 15.3. The molecule has 0 saturated carbocycles. The van der Waals surface area contributed by atoms with Crippen molar-refractivity contribution in [2.24, 2.45) is 0 Å². The quantitative estimate of drug-likeness (QED) is 0.267. The third-order valence-corrected chi connectivity index (χ3v) is 6.50. The molecule has 0 atom stereocenters. The predicted octanol–water partition coefficient (Wildman–Crippen LogP) is 5.71. The zero-order valence-corrected chi connectivity index (χ0v) is 22.4. The molecule has 0 heterocycles. The molecular formula is C30H44NO4+. The summed E-state index contributed by atoms with van der Waals surface area (Å²) in [6.45, 7) is 14.0. The SMILES string of the molecule is CCCC[N+](CCCC)(Cc1cccc(C(=O)C(C)(C)O)c1)Cc1cccc(C(=O)C(C)(C)O)c1. The van der Waals surface area contributed by atoms with E-state index in [2.05, 4.69) is 26.0 Å². The zero-order chi connectivity index (χ0) is 26.3. The van der Waals surface area contributed by atoms with Crippen LogP contribution in [0, 0.1) is 0 Å². The van der Waals surface area contributed by atoms with E-state index >= 15 is 0 Å². The highest BCUT2D eigenvalue weighted by Crippen LogP contribution is 2.25. The maximum absolute atomic E-state index is 12.7. The summed E-state index contributed by atoms with van der Waals surface area (Å²) in [6.07, 6.45) is 4.32. The van der Waals surface area contributed by atoms with E-state index in [1.165, 1.54) is 27.7 Å². The lowest BCUT2D eigenvalue weighted by molar-refractivity contribution is -0.954. The summed E-state index contributed by atoms with van der Waals surface area (Å²) in [5, 5.41) is 20.4. The van der Waals surface area contributed by atoms with E-state index in [1.54, 1.807) is 12.1 Å². The van der Waals surface area contributed by atoms with Crippen molar-refractivity contribution in [2.45, 2.75) is 91.5 Å². The van der Waals surface area contributed by atoms with Gasteiger partial charge in [-0.1, -0.05) is 63.1 Å². The van der Waals surface area contributed by atoms with Crippen molar-refractivity contribution >= 4 is 11.6 Å². The number of benzene rings is 2. The zero-order valence-electron chi connectivity index (χ0n) is 22.4. The second-order valence-corrected chi connectivity index (χ2v) is 11.0. The van der Waals surface area contributed by atoms with Crippen LogP contribution in [0.3, 0.4) is 0 Å². The van der Waals surface area contributed by atoms with Crippen molar-refractivity contribution in [3.8, 4) is 0 Å². The van der Waals surface area contributed by atoms with Crippen molar-refractivity contribution in [3.63, 3.8) is 0 Å². The molecule has 0 spiro atoms. The molecule has 0 bridgehead atoms. The van der Waals surface area contributed by atoms with Gasteiger partial charge in [-0.2, -0.15) is 0 Å². The molecule has 0 saturated heterocycles. The number of hydrogen-bond acceptors (Lipinski definition) is 4. The third-order valence-electron chi connectivity index (χ3n) is 6.50. The van der Waals surface area contributed by atoms with Crippen molar-refractivity contribution in [3.05, 3.63) is 70.8 Å². The van der Waals surface area contributed by atoms with Crippen LogP contribution in [-0.4, -0.2) is 50.6 Å². The molecule has 2 N–H and O–H groups in total. The van der Waals surface area contributed by atoms with Crippen LogP contribution in [0.1, 0.15) is 99.1 Å². The lowest BCUT2D eigenvalue weighted by atomic mass is 9.94. The minimum atomic E-state index is -1.41. The van der Waals surface area contributed by atoms with Gasteiger partial charge >= 0.3 is 0 Å². The van der Waals surface area contributed by atoms with E-state index in [0.717, 1.165) is 67.5 Å². The smallest absolute Gasteiger partial charge is 0.193 e. The number of nitrogens with zero attached hydrogens (tertiary/aromatic N) is 1. The molecule has 0 aliphatic carbocycles. The van der Waals surface area contributed by atoms with Crippen LogP contribution in [0.4, 0.5) is 0 Å². The van der Waals surface area contributed by atoms with Crippen LogP contribution in [0.15, 0.2) is 48.5 Å². The Labute approximate surface area is 211 Å². The highest BCUT2D eigenvalue weighted by atomic mass is 16.3. The van der Waals surface area contributed by atoms with Gasteiger partial charge in [-0.3, -0.25) is 9.59 Å². The number of carbonyl (C=O) groups excluding carboxylic acids is 2. The Hall–Kier alpha value is -2.34. The maximum atomic E-state index is 12.7. The highest BCUT2D eigenvalue weighted by molar-refractivity contribution is 6.02. The summed E-state index contributed by atoms with van der Waals surface area (Å²) >= 11 is 0. The molecule has 0 aliphatic heterocycles. The Morgan fingerprint density at radius 2 is 1.09 bits per heavy atom. The predicted molar refractivity (Wildman–Crippen MR) is 141 cm³/mol.